The molecule has 0 spiro atoms. The highest BCUT2D eigenvalue weighted by atomic mass is 79.9. The van der Waals surface area contributed by atoms with Crippen molar-refractivity contribution in [2.75, 3.05) is 13.7 Å². The van der Waals surface area contributed by atoms with E-state index < -0.39 is 32.2 Å². The fourth-order valence-corrected chi connectivity index (χ4v) is 5.09. The minimum Gasteiger partial charge on any atom is -0.493 e. The van der Waals surface area contributed by atoms with Gasteiger partial charge in [-0.3, -0.25) is 9.36 Å². The molecule has 0 bridgehead atoms. The molecule has 3 aromatic rings. The van der Waals surface area contributed by atoms with Gasteiger partial charge in [0.05, 0.1) is 35.3 Å². The first kappa shape index (κ1) is 26.6. The molecule has 0 saturated heterocycles. The number of sulfone groups is 1. The molecular weight excluding hydrogens is 538 g/mol. The molecule has 0 fully saturated rings. The van der Waals surface area contributed by atoms with Crippen LogP contribution >= 0.6 is 15.9 Å². The normalized spacial score (nSPS) is 12.5. The summed E-state index contributed by atoms with van der Waals surface area (Å²) < 4.78 is 39.7. The maximum absolute atomic E-state index is 13.4. The number of aromatic hydroxyl groups is 1. The summed E-state index contributed by atoms with van der Waals surface area (Å²) in [6.45, 7) is 3.39. The molecule has 3 rings (SSSR count). The van der Waals surface area contributed by atoms with Crippen LogP contribution in [0.15, 0.2) is 67.6 Å². The second-order valence-corrected chi connectivity index (χ2v) is 10.7. The third kappa shape index (κ3) is 5.79. The molecule has 0 aliphatic rings. The van der Waals surface area contributed by atoms with Gasteiger partial charge in [-0.2, -0.15) is 10.2 Å². The smallest absolute Gasteiger partial charge is 0.296 e. The minimum atomic E-state index is -4.43. The molecule has 35 heavy (non-hydrogen) atoms. The number of benzene rings is 2. The molecule has 0 saturated carbocycles. The Labute approximate surface area is 211 Å². The van der Waals surface area contributed by atoms with E-state index in [2.05, 4.69) is 27.0 Å². The second-order valence-electron chi connectivity index (χ2n) is 7.88. The van der Waals surface area contributed by atoms with Crippen LogP contribution in [-0.4, -0.2) is 42.9 Å². The van der Waals surface area contributed by atoms with E-state index in [9.17, 15) is 23.6 Å². The van der Waals surface area contributed by atoms with Gasteiger partial charge in [0.1, 0.15) is 12.4 Å². The van der Waals surface area contributed by atoms with Gasteiger partial charge >= 0.3 is 0 Å². The maximum Gasteiger partial charge on any atom is 0.296 e. The van der Waals surface area contributed by atoms with Gasteiger partial charge in [0, 0.05) is 11.6 Å². The van der Waals surface area contributed by atoms with Gasteiger partial charge in [-0.1, -0.05) is 28.1 Å². The summed E-state index contributed by atoms with van der Waals surface area (Å²) in [6, 6.07) is 13.5. The van der Waals surface area contributed by atoms with Crippen molar-refractivity contribution < 1.29 is 23.0 Å². The molecular formula is C24H24BrN3O6S. The van der Waals surface area contributed by atoms with Gasteiger partial charge in [0.25, 0.3) is 5.56 Å². The molecule has 0 amide bonds. The molecule has 0 radical (unpaired) electrons. The Morgan fingerprint density at radius 2 is 1.89 bits per heavy atom. The third-order valence-corrected chi connectivity index (χ3v) is 7.43. The first-order chi connectivity index (χ1) is 16.6. The average molecular weight is 562 g/mol. The number of nitrogens with zero attached hydrogens (tertiary/aromatic N) is 3. The fraction of sp³-hybridized carbons (Fsp3) is 0.292. The van der Waals surface area contributed by atoms with Crippen molar-refractivity contribution in [3.8, 4) is 11.9 Å². The number of nitriles is 1. The number of hydrogen-bond acceptors (Lipinski definition) is 8. The van der Waals surface area contributed by atoms with Crippen molar-refractivity contribution in [1.82, 2.24) is 9.55 Å². The zero-order chi connectivity index (χ0) is 25.8. The van der Waals surface area contributed by atoms with E-state index in [0.29, 0.717) is 15.6 Å². The van der Waals surface area contributed by atoms with Crippen molar-refractivity contribution in [3.05, 3.63) is 80.3 Å². The van der Waals surface area contributed by atoms with E-state index >= 15 is 0 Å². The van der Waals surface area contributed by atoms with Crippen LogP contribution in [0.25, 0.3) is 0 Å². The van der Waals surface area contributed by atoms with Gasteiger partial charge in [0.2, 0.25) is 15.7 Å². The number of aromatic nitrogens is 2. The van der Waals surface area contributed by atoms with E-state index in [0.717, 1.165) is 0 Å². The third-order valence-electron chi connectivity index (χ3n) is 5.11. The lowest BCUT2D eigenvalue weighted by Crippen LogP contribution is -2.29. The summed E-state index contributed by atoms with van der Waals surface area (Å²) in [4.78, 5) is 15.9. The lowest BCUT2D eigenvalue weighted by Gasteiger charge is -2.26. The molecule has 0 unspecified atom stereocenters. The number of halogens is 1. The summed E-state index contributed by atoms with van der Waals surface area (Å²) >= 11 is 3.25. The highest BCUT2D eigenvalue weighted by molar-refractivity contribution is 9.10. The first-order valence-electron chi connectivity index (χ1n) is 10.6. The molecule has 184 valence electrons. The Balaban J connectivity index is 2.32. The Morgan fingerprint density at radius 3 is 2.49 bits per heavy atom. The lowest BCUT2D eigenvalue weighted by atomic mass is 10.0. The fourth-order valence-electron chi connectivity index (χ4n) is 3.48. The van der Waals surface area contributed by atoms with Crippen LogP contribution in [0.2, 0.25) is 0 Å². The van der Waals surface area contributed by atoms with E-state index in [1.54, 1.807) is 38.1 Å². The van der Waals surface area contributed by atoms with Crippen LogP contribution in [-0.2, 0) is 25.9 Å². The average Bonchev–Trinajstić information content (AvgIpc) is 2.81. The lowest BCUT2D eigenvalue weighted by molar-refractivity contribution is 0.0554. The van der Waals surface area contributed by atoms with Crippen molar-refractivity contribution in [3.63, 3.8) is 0 Å². The number of hydrogen-bond donors (Lipinski definition) is 1. The summed E-state index contributed by atoms with van der Waals surface area (Å²) in [5, 5.41) is 20.6. The highest BCUT2D eigenvalue weighted by Crippen LogP contribution is 2.32. The molecule has 1 heterocycles. The number of rotatable bonds is 9. The van der Waals surface area contributed by atoms with Gasteiger partial charge < -0.3 is 14.6 Å². The van der Waals surface area contributed by atoms with E-state index in [-0.39, 0.29) is 30.0 Å². The predicted octanol–water partition coefficient (Wildman–Crippen LogP) is 3.58. The van der Waals surface area contributed by atoms with Gasteiger partial charge in [-0.15, -0.1) is 0 Å². The van der Waals surface area contributed by atoms with Crippen LogP contribution < -0.4 is 5.56 Å². The zero-order valence-electron chi connectivity index (χ0n) is 19.3. The standard InChI is InChI=1S/C24H24BrN3O6S/c1-15(2)34-14-21-27-23(29)22(35(31,32)19-9-7-18(25)8-10-19)24(30)28(21)20(13-33-3)17-6-4-5-16(11-17)12-26/h4-11,15,20,30H,13-14H2,1-3H3/t20-/m0/s1. The van der Waals surface area contributed by atoms with Crippen molar-refractivity contribution in [1.29, 1.82) is 5.26 Å². The van der Waals surface area contributed by atoms with Crippen LogP contribution in [0, 0.1) is 11.3 Å². The largest absolute Gasteiger partial charge is 0.493 e. The molecule has 1 aromatic heterocycles. The van der Waals surface area contributed by atoms with Gasteiger partial charge in [-0.25, -0.2) is 8.42 Å². The molecule has 0 aliphatic carbocycles. The van der Waals surface area contributed by atoms with E-state index in [4.69, 9.17) is 9.47 Å². The molecule has 1 N–H and O–H groups in total. The van der Waals surface area contributed by atoms with Crippen LogP contribution in [0.1, 0.15) is 36.8 Å². The van der Waals surface area contributed by atoms with E-state index in [1.807, 2.05) is 0 Å². The van der Waals surface area contributed by atoms with Crippen molar-refractivity contribution >= 4 is 25.8 Å². The Bertz CT molecular complexity index is 1410. The molecule has 2 aromatic carbocycles. The van der Waals surface area contributed by atoms with Crippen molar-refractivity contribution in [2.24, 2.45) is 0 Å². The Kier molecular flexibility index (Phi) is 8.45. The van der Waals surface area contributed by atoms with Crippen LogP contribution in [0.5, 0.6) is 5.88 Å². The number of ether oxygens (including phenoxy) is 2. The zero-order valence-corrected chi connectivity index (χ0v) is 21.7. The summed E-state index contributed by atoms with van der Waals surface area (Å²) in [6.07, 6.45) is -0.225. The Morgan fingerprint density at radius 1 is 1.20 bits per heavy atom. The summed E-state index contributed by atoms with van der Waals surface area (Å²) in [7, 11) is -2.99. The summed E-state index contributed by atoms with van der Waals surface area (Å²) in [5.74, 6) is -0.778. The monoisotopic (exact) mass is 561 g/mol. The second kappa shape index (κ2) is 11.1. The molecule has 0 aliphatic heterocycles. The van der Waals surface area contributed by atoms with E-state index in [1.165, 1.54) is 35.9 Å². The topological polar surface area (TPSA) is 132 Å². The molecule has 9 nitrogen and oxygen atoms in total. The van der Waals surface area contributed by atoms with Crippen LogP contribution in [0.4, 0.5) is 0 Å². The number of methoxy groups -OCH3 is 1. The molecule has 1 atom stereocenters. The maximum atomic E-state index is 13.4. The Hall–Kier alpha value is -3.04. The predicted molar refractivity (Wildman–Crippen MR) is 131 cm³/mol. The first-order valence-corrected chi connectivity index (χ1v) is 12.8. The van der Waals surface area contributed by atoms with Gasteiger partial charge in [-0.05, 0) is 55.8 Å². The van der Waals surface area contributed by atoms with Crippen molar-refractivity contribution in [2.45, 2.75) is 42.4 Å². The minimum absolute atomic E-state index is 0.0142. The quantitative estimate of drug-likeness (QED) is 0.419. The SMILES string of the molecule is COC[C@@H](c1cccc(C#N)c1)n1c(COC(C)C)nc(=O)c(S(=O)(=O)c2ccc(Br)cc2)c1O. The van der Waals surface area contributed by atoms with Crippen LogP contribution in [0.3, 0.4) is 0 Å². The van der Waals surface area contributed by atoms with Gasteiger partial charge in [0.15, 0.2) is 4.90 Å². The summed E-state index contributed by atoms with van der Waals surface area (Å²) in [5.41, 5.74) is -0.199. The molecule has 11 heteroatoms. The highest BCUT2D eigenvalue weighted by Gasteiger charge is 2.32.